The number of nitrogens with zero attached hydrogens (tertiary/aromatic N) is 3. The first-order chi connectivity index (χ1) is 15.3. The van der Waals surface area contributed by atoms with Gasteiger partial charge in [-0.15, -0.1) is 0 Å². The Morgan fingerprint density at radius 2 is 1.88 bits per heavy atom. The lowest BCUT2D eigenvalue weighted by atomic mass is 9.86. The number of piperidine rings is 1. The molecule has 5 nitrogen and oxygen atoms in total. The van der Waals surface area contributed by atoms with Gasteiger partial charge in [-0.2, -0.15) is 18.3 Å². The van der Waals surface area contributed by atoms with Gasteiger partial charge in [0.25, 0.3) is 5.91 Å². The summed E-state index contributed by atoms with van der Waals surface area (Å²) in [6, 6.07) is 3.52. The monoisotopic (exact) mass is 450 g/mol. The van der Waals surface area contributed by atoms with Crippen molar-refractivity contribution in [1.82, 2.24) is 20.0 Å². The normalized spacial score (nSPS) is 20.4. The van der Waals surface area contributed by atoms with Gasteiger partial charge >= 0.3 is 6.18 Å². The minimum atomic E-state index is -4.74. The summed E-state index contributed by atoms with van der Waals surface area (Å²) in [6.45, 7) is 3.42. The molecule has 3 aliphatic rings. The van der Waals surface area contributed by atoms with E-state index in [4.69, 9.17) is 0 Å². The van der Waals surface area contributed by atoms with E-state index >= 15 is 0 Å². The molecular weight excluding hydrogens is 424 g/mol. The summed E-state index contributed by atoms with van der Waals surface area (Å²) >= 11 is 0. The lowest BCUT2D eigenvalue weighted by Gasteiger charge is -2.33. The van der Waals surface area contributed by atoms with Crippen molar-refractivity contribution in [3.63, 3.8) is 0 Å². The van der Waals surface area contributed by atoms with Crippen LogP contribution in [0, 0.1) is 11.7 Å². The molecule has 1 aliphatic carbocycles. The van der Waals surface area contributed by atoms with E-state index in [1.54, 1.807) is 4.90 Å². The number of hydrogen-bond donors (Lipinski definition) is 1. The second-order valence-corrected chi connectivity index (χ2v) is 9.23. The number of H-pyrrole nitrogens is 1. The zero-order valence-corrected chi connectivity index (χ0v) is 17.7. The Kier molecular flexibility index (Phi) is 5.47. The molecule has 1 amide bonds. The summed E-state index contributed by atoms with van der Waals surface area (Å²) in [5, 5.41) is 7.33. The van der Waals surface area contributed by atoms with Crippen LogP contribution in [0.15, 0.2) is 18.2 Å². The zero-order chi connectivity index (χ0) is 22.5. The van der Waals surface area contributed by atoms with Crippen LogP contribution in [0.4, 0.5) is 17.6 Å². The van der Waals surface area contributed by atoms with Gasteiger partial charge in [-0.05, 0) is 55.6 Å². The standard InChI is InChI=1S/C23H26F4N4O/c24-18-3-1-2-16(20(18)23(25,26)27)15-6-10-31(11-7-15)22(32)21-17-8-9-30(12-14-4-5-14)13-19(17)28-29-21/h1-3,14-15H,4-13H2,(H,28,29). The Balaban J connectivity index is 1.26. The van der Waals surface area contributed by atoms with Crippen LogP contribution < -0.4 is 0 Å². The van der Waals surface area contributed by atoms with Crippen LogP contribution in [-0.2, 0) is 19.1 Å². The number of rotatable bonds is 4. The number of alkyl halides is 3. The van der Waals surface area contributed by atoms with Crippen LogP contribution in [0.1, 0.15) is 64.5 Å². The molecule has 1 aromatic heterocycles. The van der Waals surface area contributed by atoms with Crippen LogP contribution in [0.25, 0.3) is 0 Å². The maximum absolute atomic E-state index is 14.0. The SMILES string of the molecule is O=C(c1n[nH]c2c1CCN(CC1CC1)C2)N1CCC(c2cccc(F)c2C(F)(F)F)CC1. The van der Waals surface area contributed by atoms with Crippen molar-refractivity contribution in [3.05, 3.63) is 52.1 Å². The zero-order valence-electron chi connectivity index (χ0n) is 17.7. The van der Waals surface area contributed by atoms with Crippen molar-refractivity contribution in [2.45, 2.75) is 50.7 Å². The van der Waals surface area contributed by atoms with E-state index in [-0.39, 0.29) is 11.5 Å². The van der Waals surface area contributed by atoms with Crippen LogP contribution in [0.3, 0.4) is 0 Å². The summed E-state index contributed by atoms with van der Waals surface area (Å²) in [5.74, 6) is -1.05. The Hall–Kier alpha value is -2.42. The molecule has 1 saturated carbocycles. The highest BCUT2D eigenvalue weighted by Gasteiger charge is 2.39. The second-order valence-electron chi connectivity index (χ2n) is 9.23. The van der Waals surface area contributed by atoms with E-state index in [1.807, 2.05) is 0 Å². The number of nitrogens with one attached hydrogen (secondary N) is 1. The van der Waals surface area contributed by atoms with Crippen molar-refractivity contribution < 1.29 is 22.4 Å². The van der Waals surface area contributed by atoms with Crippen molar-refractivity contribution in [3.8, 4) is 0 Å². The van der Waals surface area contributed by atoms with E-state index in [1.165, 1.54) is 25.0 Å². The average Bonchev–Trinajstić information content (AvgIpc) is 3.48. The number of amides is 1. The first-order valence-electron chi connectivity index (χ1n) is 11.2. The molecule has 1 saturated heterocycles. The summed E-state index contributed by atoms with van der Waals surface area (Å²) in [5.41, 5.74) is 1.20. The predicted molar refractivity (Wildman–Crippen MR) is 110 cm³/mol. The quantitative estimate of drug-likeness (QED) is 0.705. The van der Waals surface area contributed by atoms with E-state index in [9.17, 15) is 22.4 Å². The van der Waals surface area contributed by atoms with Gasteiger partial charge in [0.1, 0.15) is 5.82 Å². The van der Waals surface area contributed by atoms with E-state index in [0.717, 1.165) is 49.3 Å². The molecule has 0 radical (unpaired) electrons. The number of carbonyl (C=O) groups excluding carboxylic acids is 1. The van der Waals surface area contributed by atoms with Crippen molar-refractivity contribution in [2.24, 2.45) is 5.92 Å². The minimum absolute atomic E-state index is 0.0162. The lowest BCUT2D eigenvalue weighted by molar-refractivity contribution is -0.140. The van der Waals surface area contributed by atoms with Gasteiger partial charge < -0.3 is 4.90 Å². The van der Waals surface area contributed by atoms with Gasteiger partial charge in [0.05, 0.1) is 11.3 Å². The molecule has 0 bridgehead atoms. The second kappa shape index (κ2) is 8.17. The Morgan fingerprint density at radius 1 is 1.12 bits per heavy atom. The summed E-state index contributed by atoms with van der Waals surface area (Å²) in [7, 11) is 0. The Labute approximate surface area is 183 Å². The largest absolute Gasteiger partial charge is 0.419 e. The molecule has 0 unspecified atom stereocenters. The van der Waals surface area contributed by atoms with E-state index in [2.05, 4.69) is 15.1 Å². The number of aromatic nitrogens is 2. The third kappa shape index (κ3) is 4.14. The minimum Gasteiger partial charge on any atom is -0.337 e. The average molecular weight is 450 g/mol. The summed E-state index contributed by atoms with van der Waals surface area (Å²) in [6.07, 6.45) is -0.651. The fourth-order valence-electron chi connectivity index (χ4n) is 5.10. The van der Waals surface area contributed by atoms with Gasteiger partial charge in [-0.3, -0.25) is 14.8 Å². The molecule has 2 aliphatic heterocycles. The molecule has 9 heteroatoms. The highest BCUT2D eigenvalue weighted by molar-refractivity contribution is 5.94. The fourth-order valence-corrected chi connectivity index (χ4v) is 5.10. The third-order valence-corrected chi connectivity index (χ3v) is 6.98. The van der Waals surface area contributed by atoms with Crippen molar-refractivity contribution in [2.75, 3.05) is 26.2 Å². The molecular formula is C23H26F4N4O. The predicted octanol–water partition coefficient (Wildman–Crippen LogP) is 4.36. The Bertz CT molecular complexity index is 1010. The Morgan fingerprint density at radius 3 is 2.56 bits per heavy atom. The molecule has 2 aromatic rings. The first-order valence-corrected chi connectivity index (χ1v) is 11.2. The van der Waals surface area contributed by atoms with Crippen LogP contribution in [0.2, 0.25) is 0 Å². The third-order valence-electron chi connectivity index (χ3n) is 6.98. The molecule has 5 rings (SSSR count). The molecule has 0 spiro atoms. The van der Waals surface area contributed by atoms with Crippen molar-refractivity contribution >= 4 is 5.91 Å². The number of fused-ring (bicyclic) bond motifs is 1. The number of aromatic amines is 1. The number of benzene rings is 1. The maximum Gasteiger partial charge on any atom is 0.419 e. The number of halogens is 4. The maximum atomic E-state index is 14.0. The molecule has 32 heavy (non-hydrogen) atoms. The molecule has 1 aromatic carbocycles. The van der Waals surface area contributed by atoms with Gasteiger partial charge in [-0.25, -0.2) is 4.39 Å². The molecule has 0 atom stereocenters. The molecule has 3 heterocycles. The van der Waals surface area contributed by atoms with Crippen LogP contribution >= 0.6 is 0 Å². The van der Waals surface area contributed by atoms with Crippen LogP contribution in [0.5, 0.6) is 0 Å². The number of carbonyl (C=O) groups is 1. The molecule has 1 N–H and O–H groups in total. The van der Waals surface area contributed by atoms with E-state index in [0.29, 0.717) is 31.6 Å². The van der Waals surface area contributed by atoms with Gasteiger partial charge in [-0.1, -0.05) is 12.1 Å². The van der Waals surface area contributed by atoms with Crippen molar-refractivity contribution in [1.29, 1.82) is 0 Å². The summed E-state index contributed by atoms with van der Waals surface area (Å²) < 4.78 is 54.1. The summed E-state index contributed by atoms with van der Waals surface area (Å²) in [4.78, 5) is 17.2. The smallest absolute Gasteiger partial charge is 0.337 e. The topological polar surface area (TPSA) is 52.2 Å². The van der Waals surface area contributed by atoms with Gasteiger partial charge in [0.2, 0.25) is 0 Å². The first kappa shape index (κ1) is 21.4. The van der Waals surface area contributed by atoms with E-state index < -0.39 is 23.5 Å². The molecule has 2 fully saturated rings. The highest BCUT2D eigenvalue weighted by Crippen LogP contribution is 2.40. The van der Waals surface area contributed by atoms with Gasteiger partial charge in [0, 0.05) is 38.3 Å². The number of likely N-dealkylation sites (tertiary alicyclic amines) is 1. The van der Waals surface area contributed by atoms with Gasteiger partial charge in [0.15, 0.2) is 5.69 Å². The highest BCUT2D eigenvalue weighted by atomic mass is 19.4. The number of hydrogen-bond acceptors (Lipinski definition) is 3. The fraction of sp³-hybridized carbons (Fsp3) is 0.565. The van der Waals surface area contributed by atoms with Crippen LogP contribution in [-0.4, -0.2) is 52.1 Å². The molecule has 172 valence electrons. The lowest BCUT2D eigenvalue weighted by Crippen LogP contribution is -2.39.